The lowest BCUT2D eigenvalue weighted by Crippen LogP contribution is -2.01. The third kappa shape index (κ3) is 2.11. The average Bonchev–Trinajstić information content (AvgIpc) is 2.60. The molecule has 0 aliphatic carbocycles. The molecule has 0 fully saturated rings. The first kappa shape index (κ1) is 13.2. The fourth-order valence-electron chi connectivity index (χ4n) is 2.95. The quantitative estimate of drug-likeness (QED) is 0.603. The second kappa shape index (κ2) is 5.36. The van der Waals surface area contributed by atoms with Crippen LogP contribution in [0.3, 0.4) is 0 Å². The molecule has 0 N–H and O–H groups in total. The Morgan fingerprint density at radius 1 is 0.864 bits per heavy atom. The summed E-state index contributed by atoms with van der Waals surface area (Å²) in [6.45, 7) is 0. The van der Waals surface area contributed by atoms with Crippen molar-refractivity contribution in [3.63, 3.8) is 0 Å². The van der Waals surface area contributed by atoms with Crippen molar-refractivity contribution >= 4 is 28.1 Å². The van der Waals surface area contributed by atoms with Gasteiger partial charge in [0.1, 0.15) is 6.07 Å². The molecule has 2 heteroatoms. The van der Waals surface area contributed by atoms with Crippen LogP contribution in [-0.4, -0.2) is 0 Å². The van der Waals surface area contributed by atoms with Crippen molar-refractivity contribution in [2.45, 2.75) is 5.75 Å². The third-order valence-corrected chi connectivity index (χ3v) is 5.06. The van der Waals surface area contributed by atoms with E-state index in [-0.39, 0.29) is 0 Å². The van der Waals surface area contributed by atoms with E-state index < -0.39 is 0 Å². The summed E-state index contributed by atoms with van der Waals surface area (Å²) in [6.07, 6.45) is 0. The highest BCUT2D eigenvalue weighted by Gasteiger charge is 2.20. The number of thioether (sulfide) groups is 1. The minimum atomic E-state index is 0.814. The summed E-state index contributed by atoms with van der Waals surface area (Å²) in [5.41, 5.74) is 4.68. The Balaban J connectivity index is 1.98. The van der Waals surface area contributed by atoms with Gasteiger partial charge in [-0.05, 0) is 33.5 Å². The Kier molecular flexibility index (Phi) is 3.21. The van der Waals surface area contributed by atoms with Gasteiger partial charge >= 0.3 is 0 Å². The first-order valence-corrected chi connectivity index (χ1v) is 8.20. The highest BCUT2D eigenvalue weighted by molar-refractivity contribution is 8.02. The predicted molar refractivity (Wildman–Crippen MR) is 93.3 cm³/mol. The van der Waals surface area contributed by atoms with Crippen LogP contribution in [0.4, 0.5) is 0 Å². The van der Waals surface area contributed by atoms with Crippen LogP contribution in [0.25, 0.3) is 16.3 Å². The highest BCUT2D eigenvalue weighted by Crippen LogP contribution is 2.41. The van der Waals surface area contributed by atoms with Gasteiger partial charge in [-0.3, -0.25) is 0 Å². The molecule has 104 valence electrons. The van der Waals surface area contributed by atoms with Gasteiger partial charge in [-0.15, -0.1) is 11.8 Å². The van der Waals surface area contributed by atoms with Crippen LogP contribution in [0.2, 0.25) is 0 Å². The number of nitrogens with zero attached hydrogens (tertiary/aromatic N) is 1. The molecular weight excluding hydrogens is 286 g/mol. The number of nitriles is 1. The highest BCUT2D eigenvalue weighted by atomic mass is 32.2. The molecule has 0 amide bonds. The summed E-state index contributed by atoms with van der Waals surface area (Å²) in [7, 11) is 0. The third-order valence-electron chi connectivity index (χ3n) is 4.03. The van der Waals surface area contributed by atoms with Gasteiger partial charge in [0.2, 0.25) is 0 Å². The summed E-state index contributed by atoms with van der Waals surface area (Å²) >= 11 is 1.63. The summed E-state index contributed by atoms with van der Waals surface area (Å²) in [5, 5.41) is 12.0. The van der Waals surface area contributed by atoms with E-state index in [0.717, 1.165) is 21.8 Å². The SMILES string of the molecule is N#CC1=C(c2ccc3ccccc3c2)c2ccccc2CS1. The normalized spacial score (nSPS) is 13.8. The average molecular weight is 299 g/mol. The zero-order valence-electron chi connectivity index (χ0n) is 11.9. The van der Waals surface area contributed by atoms with Crippen LogP contribution < -0.4 is 0 Å². The maximum absolute atomic E-state index is 9.53. The van der Waals surface area contributed by atoms with Gasteiger partial charge in [0, 0.05) is 11.3 Å². The lowest BCUT2D eigenvalue weighted by atomic mass is 9.92. The molecule has 3 aromatic carbocycles. The molecule has 0 unspecified atom stereocenters. The summed E-state index contributed by atoms with van der Waals surface area (Å²) in [6, 6.07) is 25.5. The molecule has 0 radical (unpaired) electrons. The van der Waals surface area contributed by atoms with E-state index in [0.29, 0.717) is 0 Å². The topological polar surface area (TPSA) is 23.8 Å². The Morgan fingerprint density at radius 3 is 2.50 bits per heavy atom. The molecule has 3 aromatic rings. The Bertz CT molecular complexity index is 947. The molecule has 0 saturated carbocycles. The van der Waals surface area contributed by atoms with Gasteiger partial charge in [-0.1, -0.05) is 60.7 Å². The number of hydrogen-bond acceptors (Lipinski definition) is 2. The minimum absolute atomic E-state index is 0.814. The molecule has 4 rings (SSSR count). The van der Waals surface area contributed by atoms with Crippen LogP contribution in [-0.2, 0) is 5.75 Å². The molecule has 1 aliphatic heterocycles. The number of hydrogen-bond donors (Lipinski definition) is 0. The van der Waals surface area contributed by atoms with Gasteiger partial charge < -0.3 is 0 Å². The largest absolute Gasteiger partial charge is 0.192 e. The Labute approximate surface area is 133 Å². The van der Waals surface area contributed by atoms with Crippen molar-refractivity contribution < 1.29 is 0 Å². The monoisotopic (exact) mass is 299 g/mol. The summed E-state index contributed by atoms with van der Waals surface area (Å²) in [5.74, 6) is 0.871. The number of benzene rings is 3. The van der Waals surface area contributed by atoms with E-state index in [1.165, 1.54) is 21.9 Å². The Morgan fingerprint density at radius 2 is 1.64 bits per heavy atom. The molecule has 0 saturated heterocycles. The van der Waals surface area contributed by atoms with E-state index >= 15 is 0 Å². The number of fused-ring (bicyclic) bond motifs is 2. The van der Waals surface area contributed by atoms with Crippen LogP contribution in [0.15, 0.2) is 71.6 Å². The first-order chi connectivity index (χ1) is 10.9. The summed E-state index contributed by atoms with van der Waals surface area (Å²) in [4.78, 5) is 0.814. The lowest BCUT2D eigenvalue weighted by molar-refractivity contribution is 1.35. The van der Waals surface area contributed by atoms with Crippen molar-refractivity contribution in [1.82, 2.24) is 0 Å². The smallest absolute Gasteiger partial charge is 0.107 e. The number of allylic oxidation sites excluding steroid dienone is 1. The van der Waals surface area contributed by atoms with Crippen molar-refractivity contribution in [3.05, 3.63) is 88.3 Å². The van der Waals surface area contributed by atoms with Crippen molar-refractivity contribution in [2.75, 3.05) is 0 Å². The maximum Gasteiger partial charge on any atom is 0.107 e. The van der Waals surface area contributed by atoms with Crippen molar-refractivity contribution in [3.8, 4) is 6.07 Å². The fourth-order valence-corrected chi connectivity index (χ4v) is 3.94. The maximum atomic E-state index is 9.53. The molecule has 1 heterocycles. The lowest BCUT2D eigenvalue weighted by Gasteiger charge is -2.20. The molecule has 1 nitrogen and oxygen atoms in total. The standard InChI is InChI=1S/C20H13NS/c21-12-19-20(18-8-4-3-7-17(18)13-22-19)16-10-9-14-5-1-2-6-15(14)11-16/h1-11H,13H2. The molecule has 0 atom stereocenters. The van der Waals surface area contributed by atoms with Crippen LogP contribution in [0.1, 0.15) is 16.7 Å². The second-order valence-electron chi connectivity index (χ2n) is 5.32. The Hall–Kier alpha value is -2.50. The summed E-state index contributed by atoms with van der Waals surface area (Å²) < 4.78 is 0. The number of rotatable bonds is 1. The van der Waals surface area contributed by atoms with Gasteiger partial charge in [-0.2, -0.15) is 5.26 Å². The molecule has 1 aliphatic rings. The molecular formula is C20H13NS. The van der Waals surface area contributed by atoms with E-state index in [1.807, 2.05) is 12.1 Å². The zero-order chi connectivity index (χ0) is 14.9. The van der Waals surface area contributed by atoms with Gasteiger partial charge in [0.05, 0.1) is 4.91 Å². The molecule has 0 aromatic heterocycles. The van der Waals surface area contributed by atoms with Gasteiger partial charge in [0.15, 0.2) is 0 Å². The van der Waals surface area contributed by atoms with Crippen molar-refractivity contribution in [1.29, 1.82) is 5.26 Å². The molecule has 0 spiro atoms. The fraction of sp³-hybridized carbons (Fsp3) is 0.0500. The van der Waals surface area contributed by atoms with Crippen LogP contribution >= 0.6 is 11.8 Å². The van der Waals surface area contributed by atoms with E-state index in [1.54, 1.807) is 11.8 Å². The van der Waals surface area contributed by atoms with Crippen LogP contribution in [0, 0.1) is 11.3 Å². The molecule has 22 heavy (non-hydrogen) atoms. The predicted octanol–water partition coefficient (Wildman–Crippen LogP) is 5.37. The van der Waals surface area contributed by atoms with E-state index in [9.17, 15) is 5.26 Å². The zero-order valence-corrected chi connectivity index (χ0v) is 12.7. The van der Waals surface area contributed by atoms with Crippen molar-refractivity contribution in [2.24, 2.45) is 0 Å². The van der Waals surface area contributed by atoms with E-state index in [2.05, 4.69) is 60.7 Å². The first-order valence-electron chi connectivity index (χ1n) is 7.21. The van der Waals surface area contributed by atoms with Gasteiger partial charge in [-0.25, -0.2) is 0 Å². The van der Waals surface area contributed by atoms with E-state index in [4.69, 9.17) is 0 Å². The van der Waals surface area contributed by atoms with Crippen LogP contribution in [0.5, 0.6) is 0 Å². The molecule has 0 bridgehead atoms. The van der Waals surface area contributed by atoms with Gasteiger partial charge in [0.25, 0.3) is 0 Å². The minimum Gasteiger partial charge on any atom is -0.192 e. The second-order valence-corrected chi connectivity index (χ2v) is 6.31.